The van der Waals surface area contributed by atoms with E-state index in [0.717, 1.165) is 0 Å². The van der Waals surface area contributed by atoms with Gasteiger partial charge in [0, 0.05) is 12.1 Å². The number of halogens is 2. The van der Waals surface area contributed by atoms with Crippen molar-refractivity contribution >= 4 is 16.1 Å². The van der Waals surface area contributed by atoms with Crippen molar-refractivity contribution in [3.05, 3.63) is 30.6 Å². The molecular weight excluding hydrogens is 281 g/mol. The zero-order valence-corrected chi connectivity index (χ0v) is 7.83. The molecule has 0 saturated heterocycles. The maximum Gasteiger partial charge on any atom is 0.331 e. The Hall–Kier alpha value is 0.360. The van der Waals surface area contributed by atoms with Crippen LogP contribution in [0.15, 0.2) is 30.6 Å². The van der Waals surface area contributed by atoms with E-state index in [2.05, 4.69) is 16.1 Å². The van der Waals surface area contributed by atoms with Gasteiger partial charge < -0.3 is 24.0 Å². The van der Waals surface area contributed by atoms with Crippen molar-refractivity contribution in [2.24, 2.45) is 0 Å². The van der Waals surface area contributed by atoms with Gasteiger partial charge >= 0.3 is 16.1 Å². The Kier molecular flexibility index (Phi) is 4.45. The summed E-state index contributed by atoms with van der Waals surface area (Å²) in [5.74, 6) is 0. The van der Waals surface area contributed by atoms with E-state index in [1.54, 1.807) is 0 Å². The molecule has 8 heavy (non-hydrogen) atoms. The van der Waals surface area contributed by atoms with Gasteiger partial charge in [-0.05, 0) is 0 Å². The summed E-state index contributed by atoms with van der Waals surface area (Å²) < 4.78 is 1.81. The first kappa shape index (κ1) is 8.36. The fraction of sp³-hybridized carbons (Fsp3) is 0. The average molecular weight is 286 g/mol. The molecule has 0 saturated carbocycles. The summed E-state index contributed by atoms with van der Waals surface area (Å²) in [5, 5.41) is 0. The summed E-state index contributed by atoms with van der Waals surface area (Å²) in [7, 11) is 0. The van der Waals surface area contributed by atoms with E-state index in [-0.39, 0.29) is 24.0 Å². The van der Waals surface area contributed by atoms with E-state index in [0.29, 0.717) is 0 Å². The molecule has 0 aliphatic heterocycles. The van der Waals surface area contributed by atoms with Crippen LogP contribution < -0.4 is 27.6 Å². The molecule has 1 heterocycles. The second-order valence-corrected chi connectivity index (χ2v) is 2.04. The molecule has 44 valence electrons. The first-order chi connectivity index (χ1) is 3.39. The summed E-state index contributed by atoms with van der Waals surface area (Å²) in [4.78, 5) is 0. The molecule has 0 spiro atoms. The molecule has 0 aliphatic rings. The lowest BCUT2D eigenvalue weighted by Crippen LogP contribution is -3.00. The van der Waals surface area contributed by atoms with Gasteiger partial charge in [0.15, 0.2) is 12.4 Å². The minimum absolute atomic E-state index is 0. The molecule has 0 N–H and O–H groups in total. The Bertz CT molecular complexity index is 142. The van der Waals surface area contributed by atoms with E-state index in [1.165, 1.54) is 0 Å². The molecule has 0 bridgehead atoms. The van der Waals surface area contributed by atoms with Crippen LogP contribution in [0.4, 0.5) is 0 Å². The lowest BCUT2D eigenvalue weighted by molar-refractivity contribution is -0.473. The Balaban J connectivity index is 0.000000490. The standard InChI is InChI=1S/C5H5BrN.HI/c6-7-4-2-1-3-5-7;/h1-5H;1H/q+1;/p-1. The van der Waals surface area contributed by atoms with E-state index in [9.17, 15) is 0 Å². The highest BCUT2D eigenvalue weighted by Gasteiger charge is 1.83. The maximum atomic E-state index is 3.23. The molecule has 3 heteroatoms. The molecule has 0 fully saturated rings. The zero-order chi connectivity index (χ0) is 5.11. The summed E-state index contributed by atoms with van der Waals surface area (Å²) in [6.07, 6.45) is 3.83. The average Bonchev–Trinajstić information content (AvgIpc) is 1.69. The predicted molar refractivity (Wildman–Crippen MR) is 31.0 cm³/mol. The first-order valence-corrected chi connectivity index (χ1v) is 2.73. The van der Waals surface area contributed by atoms with Crippen molar-refractivity contribution < 1.29 is 27.6 Å². The van der Waals surface area contributed by atoms with Crippen LogP contribution in [0.5, 0.6) is 0 Å². The van der Waals surface area contributed by atoms with Gasteiger partial charge in [-0.15, -0.1) is 3.59 Å². The first-order valence-electron chi connectivity index (χ1n) is 2.02. The molecule has 1 aromatic rings. The largest absolute Gasteiger partial charge is 1.00 e. The molecule has 1 aromatic heterocycles. The van der Waals surface area contributed by atoms with Crippen LogP contribution in [-0.4, -0.2) is 0 Å². The van der Waals surface area contributed by atoms with Crippen molar-refractivity contribution in [2.75, 3.05) is 0 Å². The number of nitrogens with zero attached hydrogens (tertiary/aromatic N) is 1. The van der Waals surface area contributed by atoms with Gasteiger partial charge in [0.05, 0.1) is 0 Å². The highest BCUT2D eigenvalue weighted by molar-refractivity contribution is 9.04. The number of hydrogen-bond donors (Lipinski definition) is 0. The molecule has 0 unspecified atom stereocenters. The van der Waals surface area contributed by atoms with Crippen LogP contribution in [-0.2, 0) is 0 Å². The van der Waals surface area contributed by atoms with E-state index in [4.69, 9.17) is 0 Å². The molecule has 0 amide bonds. The minimum atomic E-state index is 0. The van der Waals surface area contributed by atoms with E-state index in [1.807, 2.05) is 34.2 Å². The van der Waals surface area contributed by atoms with E-state index < -0.39 is 0 Å². The van der Waals surface area contributed by atoms with Crippen LogP contribution in [0.25, 0.3) is 0 Å². The normalized spacial score (nSPS) is 7.62. The van der Waals surface area contributed by atoms with Crippen LogP contribution >= 0.6 is 16.1 Å². The van der Waals surface area contributed by atoms with Crippen LogP contribution in [0.2, 0.25) is 0 Å². The van der Waals surface area contributed by atoms with Gasteiger partial charge in [0.1, 0.15) is 0 Å². The van der Waals surface area contributed by atoms with Crippen molar-refractivity contribution in [3.8, 4) is 0 Å². The van der Waals surface area contributed by atoms with Gasteiger partial charge in [0.2, 0.25) is 0 Å². The minimum Gasteiger partial charge on any atom is -1.00 e. The van der Waals surface area contributed by atoms with Gasteiger partial charge in [-0.3, -0.25) is 0 Å². The van der Waals surface area contributed by atoms with Crippen molar-refractivity contribution in [2.45, 2.75) is 0 Å². The van der Waals surface area contributed by atoms with Crippen LogP contribution in [0, 0.1) is 0 Å². The Morgan fingerprint density at radius 3 is 1.75 bits per heavy atom. The van der Waals surface area contributed by atoms with Crippen molar-refractivity contribution in [1.29, 1.82) is 0 Å². The summed E-state index contributed by atoms with van der Waals surface area (Å²) >= 11 is 3.23. The molecule has 1 nitrogen and oxygen atoms in total. The lowest BCUT2D eigenvalue weighted by atomic mass is 10.5. The molecule has 0 atom stereocenters. The maximum absolute atomic E-state index is 3.23. The topological polar surface area (TPSA) is 3.88 Å². The van der Waals surface area contributed by atoms with Gasteiger partial charge in [0.25, 0.3) is 0 Å². The van der Waals surface area contributed by atoms with Gasteiger partial charge in [-0.1, -0.05) is 6.07 Å². The molecule has 0 radical (unpaired) electrons. The Morgan fingerprint density at radius 2 is 1.50 bits per heavy atom. The Morgan fingerprint density at radius 1 is 1.00 bits per heavy atom. The smallest absolute Gasteiger partial charge is 0.331 e. The third kappa shape index (κ3) is 2.61. The second-order valence-electron chi connectivity index (χ2n) is 1.22. The second kappa shape index (κ2) is 4.26. The quantitative estimate of drug-likeness (QED) is 0.492. The van der Waals surface area contributed by atoms with Crippen LogP contribution in [0.1, 0.15) is 0 Å². The fourth-order valence-electron chi connectivity index (χ4n) is 0.378. The molecule has 0 aromatic carbocycles. The number of pyridine rings is 1. The highest BCUT2D eigenvalue weighted by atomic mass is 127. The summed E-state index contributed by atoms with van der Waals surface area (Å²) in [5.41, 5.74) is 0. The summed E-state index contributed by atoms with van der Waals surface area (Å²) in [6, 6.07) is 5.88. The van der Waals surface area contributed by atoms with Gasteiger partial charge in [-0.2, -0.15) is 0 Å². The Labute approximate surface area is 74.1 Å². The van der Waals surface area contributed by atoms with Crippen molar-refractivity contribution in [1.82, 2.24) is 0 Å². The monoisotopic (exact) mass is 285 g/mol. The van der Waals surface area contributed by atoms with Crippen molar-refractivity contribution in [3.63, 3.8) is 0 Å². The molecule has 1 rings (SSSR count). The van der Waals surface area contributed by atoms with E-state index >= 15 is 0 Å². The summed E-state index contributed by atoms with van der Waals surface area (Å²) in [6.45, 7) is 0. The molecule has 0 aliphatic carbocycles. The SMILES string of the molecule is Br[n+]1ccccc1.[I-]. The third-order valence-corrected chi connectivity index (χ3v) is 1.15. The highest BCUT2D eigenvalue weighted by Crippen LogP contribution is 1.77. The fourth-order valence-corrected chi connectivity index (χ4v) is 0.651. The third-order valence-electron chi connectivity index (χ3n) is 0.679. The molecular formula is C5H5BrIN. The number of aromatic nitrogens is 1. The van der Waals surface area contributed by atoms with Crippen LogP contribution in [0.3, 0.4) is 0 Å². The predicted octanol–water partition coefficient (Wildman–Crippen LogP) is -1.86. The van der Waals surface area contributed by atoms with Gasteiger partial charge in [-0.25, -0.2) is 0 Å². The number of rotatable bonds is 0. The zero-order valence-electron chi connectivity index (χ0n) is 4.09. The number of hydrogen-bond acceptors (Lipinski definition) is 0. The lowest BCUT2D eigenvalue weighted by Gasteiger charge is -1.73.